The van der Waals surface area contributed by atoms with Crippen LogP contribution in [0.3, 0.4) is 0 Å². The van der Waals surface area contributed by atoms with Gasteiger partial charge in [0.05, 0.1) is 5.52 Å². The van der Waals surface area contributed by atoms with Crippen molar-refractivity contribution >= 4 is 11.2 Å². The monoisotopic (exact) mass is 224 g/mol. The van der Waals surface area contributed by atoms with E-state index in [0.717, 1.165) is 33.8 Å². The van der Waals surface area contributed by atoms with Gasteiger partial charge in [-0.25, -0.2) is 9.97 Å². The highest BCUT2D eigenvalue weighted by Crippen LogP contribution is 2.20. The molecule has 4 heteroatoms. The topological polar surface area (TPSA) is 54.5 Å². The van der Waals surface area contributed by atoms with Crippen LogP contribution in [0.15, 0.2) is 30.6 Å². The molecule has 3 heterocycles. The van der Waals surface area contributed by atoms with Crippen LogP contribution in [0.5, 0.6) is 0 Å². The summed E-state index contributed by atoms with van der Waals surface area (Å²) in [7, 11) is 0. The number of hydrogen-bond donors (Lipinski definition) is 1. The average Bonchev–Trinajstić information content (AvgIpc) is 2.75. The van der Waals surface area contributed by atoms with Gasteiger partial charge in [0.1, 0.15) is 5.82 Å². The molecule has 17 heavy (non-hydrogen) atoms. The Morgan fingerprint density at radius 3 is 2.65 bits per heavy atom. The van der Waals surface area contributed by atoms with Crippen molar-refractivity contribution in [3.63, 3.8) is 0 Å². The molecule has 0 atom stereocenters. The fourth-order valence-electron chi connectivity index (χ4n) is 1.78. The van der Waals surface area contributed by atoms with Crippen LogP contribution in [-0.4, -0.2) is 19.9 Å². The zero-order valence-corrected chi connectivity index (χ0v) is 9.73. The predicted octanol–water partition coefficient (Wildman–Crippen LogP) is 2.64. The number of hydrogen-bond acceptors (Lipinski definition) is 3. The van der Waals surface area contributed by atoms with Crippen molar-refractivity contribution in [1.29, 1.82) is 0 Å². The summed E-state index contributed by atoms with van der Waals surface area (Å²) in [5, 5.41) is 0. The fourth-order valence-corrected chi connectivity index (χ4v) is 1.78. The van der Waals surface area contributed by atoms with Crippen LogP contribution in [0, 0.1) is 13.8 Å². The van der Waals surface area contributed by atoms with Gasteiger partial charge in [-0.15, -0.1) is 0 Å². The van der Waals surface area contributed by atoms with Gasteiger partial charge in [-0.05, 0) is 37.6 Å². The summed E-state index contributed by atoms with van der Waals surface area (Å²) in [4.78, 5) is 16.3. The second kappa shape index (κ2) is 3.66. The van der Waals surface area contributed by atoms with Gasteiger partial charge in [0.2, 0.25) is 0 Å². The van der Waals surface area contributed by atoms with Gasteiger partial charge in [-0.2, -0.15) is 0 Å². The van der Waals surface area contributed by atoms with E-state index in [2.05, 4.69) is 19.9 Å². The minimum Gasteiger partial charge on any atom is -0.336 e. The van der Waals surface area contributed by atoms with Crippen molar-refractivity contribution < 1.29 is 0 Å². The molecule has 0 aliphatic carbocycles. The van der Waals surface area contributed by atoms with E-state index in [4.69, 9.17) is 0 Å². The number of pyridine rings is 2. The lowest BCUT2D eigenvalue weighted by Crippen LogP contribution is -1.84. The minimum atomic E-state index is 0.751. The third-order valence-electron chi connectivity index (χ3n) is 2.79. The molecule has 0 amide bonds. The lowest BCUT2D eigenvalue weighted by molar-refractivity contribution is 1.19. The van der Waals surface area contributed by atoms with Crippen LogP contribution in [0.2, 0.25) is 0 Å². The van der Waals surface area contributed by atoms with Gasteiger partial charge in [-0.3, -0.25) is 4.98 Å². The molecule has 0 bridgehead atoms. The fraction of sp³-hybridized carbons (Fsp3) is 0.154. The maximum Gasteiger partial charge on any atom is 0.178 e. The number of imidazole rings is 1. The van der Waals surface area contributed by atoms with E-state index >= 15 is 0 Å². The molecule has 84 valence electrons. The molecule has 0 unspecified atom stereocenters. The molecule has 0 saturated heterocycles. The van der Waals surface area contributed by atoms with Gasteiger partial charge >= 0.3 is 0 Å². The van der Waals surface area contributed by atoms with Crippen LogP contribution in [-0.2, 0) is 0 Å². The molecule has 3 aromatic rings. The summed E-state index contributed by atoms with van der Waals surface area (Å²) < 4.78 is 0. The highest BCUT2D eigenvalue weighted by molar-refractivity contribution is 5.78. The van der Waals surface area contributed by atoms with E-state index in [-0.39, 0.29) is 0 Å². The van der Waals surface area contributed by atoms with Crippen molar-refractivity contribution in [3.8, 4) is 11.4 Å². The maximum absolute atomic E-state index is 4.47. The van der Waals surface area contributed by atoms with Crippen LogP contribution in [0.25, 0.3) is 22.6 Å². The van der Waals surface area contributed by atoms with Gasteiger partial charge in [0.25, 0.3) is 0 Å². The summed E-state index contributed by atoms with van der Waals surface area (Å²) >= 11 is 0. The Balaban J connectivity index is 2.18. The number of aromatic nitrogens is 4. The van der Waals surface area contributed by atoms with E-state index in [1.165, 1.54) is 0 Å². The van der Waals surface area contributed by atoms with Crippen molar-refractivity contribution in [2.45, 2.75) is 13.8 Å². The van der Waals surface area contributed by atoms with Gasteiger partial charge in [0, 0.05) is 23.7 Å². The molecule has 3 aromatic heterocycles. The van der Waals surface area contributed by atoms with Gasteiger partial charge in [-0.1, -0.05) is 0 Å². The first-order chi connectivity index (χ1) is 8.24. The number of fused-ring (bicyclic) bond motifs is 1. The average molecular weight is 224 g/mol. The molecule has 0 spiro atoms. The molecule has 0 radical (unpaired) electrons. The number of aryl methyl sites for hydroxylation is 2. The number of aromatic amines is 1. The van der Waals surface area contributed by atoms with E-state index in [0.29, 0.717) is 0 Å². The lowest BCUT2D eigenvalue weighted by Gasteiger charge is -1.96. The number of H-pyrrole nitrogens is 1. The number of rotatable bonds is 1. The summed E-state index contributed by atoms with van der Waals surface area (Å²) in [5.41, 5.74) is 4.87. The minimum absolute atomic E-state index is 0.751. The molecule has 0 aromatic carbocycles. The molecule has 3 rings (SSSR count). The van der Waals surface area contributed by atoms with E-state index < -0.39 is 0 Å². The third kappa shape index (κ3) is 1.67. The maximum atomic E-state index is 4.47. The van der Waals surface area contributed by atoms with Crippen molar-refractivity contribution in [2.24, 2.45) is 0 Å². The first-order valence-electron chi connectivity index (χ1n) is 5.48. The first kappa shape index (κ1) is 9.96. The third-order valence-corrected chi connectivity index (χ3v) is 2.79. The van der Waals surface area contributed by atoms with Crippen LogP contribution >= 0.6 is 0 Å². The Bertz CT molecular complexity index is 667. The van der Waals surface area contributed by atoms with Gasteiger partial charge < -0.3 is 4.98 Å². The van der Waals surface area contributed by atoms with Crippen molar-refractivity contribution in [2.75, 3.05) is 0 Å². The summed E-state index contributed by atoms with van der Waals surface area (Å²) in [6, 6.07) is 5.95. The van der Waals surface area contributed by atoms with Crippen LogP contribution in [0.4, 0.5) is 0 Å². The van der Waals surface area contributed by atoms with E-state index in [1.807, 2.05) is 38.2 Å². The Morgan fingerprint density at radius 1 is 1.06 bits per heavy atom. The largest absolute Gasteiger partial charge is 0.336 e. The number of nitrogens with one attached hydrogen (secondary N) is 1. The summed E-state index contributed by atoms with van der Waals surface area (Å²) in [5.74, 6) is 0.814. The Labute approximate surface area is 98.8 Å². The van der Waals surface area contributed by atoms with E-state index in [1.54, 1.807) is 6.20 Å². The second-order valence-electron chi connectivity index (χ2n) is 4.10. The number of nitrogens with zero attached hydrogens (tertiary/aromatic N) is 3. The SMILES string of the molecule is Cc1ccc(-c2nc3nccc(C)c3[nH]2)cn1. The lowest BCUT2D eigenvalue weighted by atomic mass is 10.2. The predicted molar refractivity (Wildman–Crippen MR) is 66.6 cm³/mol. The zero-order chi connectivity index (χ0) is 11.8. The standard InChI is InChI=1S/C13H12N4/c1-8-5-6-14-13-11(8)16-12(17-13)10-4-3-9(2)15-7-10/h3-7H,1-2H3,(H,14,16,17). The van der Waals surface area contributed by atoms with Crippen LogP contribution in [0.1, 0.15) is 11.3 Å². The van der Waals surface area contributed by atoms with E-state index in [9.17, 15) is 0 Å². The van der Waals surface area contributed by atoms with Gasteiger partial charge in [0.15, 0.2) is 5.65 Å². The molecule has 0 aliphatic heterocycles. The smallest absolute Gasteiger partial charge is 0.178 e. The highest BCUT2D eigenvalue weighted by atomic mass is 15.0. The first-order valence-corrected chi connectivity index (χ1v) is 5.48. The summed E-state index contributed by atoms with van der Waals surface area (Å²) in [6.07, 6.45) is 3.60. The Hall–Kier alpha value is -2.23. The molecule has 0 aliphatic rings. The zero-order valence-electron chi connectivity index (χ0n) is 9.73. The highest BCUT2D eigenvalue weighted by Gasteiger charge is 2.07. The molecule has 1 N–H and O–H groups in total. The quantitative estimate of drug-likeness (QED) is 0.691. The van der Waals surface area contributed by atoms with Crippen molar-refractivity contribution in [1.82, 2.24) is 19.9 Å². The molecular weight excluding hydrogens is 212 g/mol. The molecule has 4 nitrogen and oxygen atoms in total. The van der Waals surface area contributed by atoms with Crippen molar-refractivity contribution in [3.05, 3.63) is 41.9 Å². The molecule has 0 fully saturated rings. The molecule has 0 saturated carbocycles. The second-order valence-corrected chi connectivity index (χ2v) is 4.10. The Kier molecular flexibility index (Phi) is 2.14. The molecular formula is C13H12N4. The summed E-state index contributed by atoms with van der Waals surface area (Å²) in [6.45, 7) is 4.01. The normalized spacial score (nSPS) is 10.9. The van der Waals surface area contributed by atoms with Crippen LogP contribution < -0.4 is 0 Å². The Morgan fingerprint density at radius 2 is 1.94 bits per heavy atom.